The van der Waals surface area contributed by atoms with Crippen LogP contribution in [0.5, 0.6) is 0 Å². The molecule has 190 valence electrons. The van der Waals surface area contributed by atoms with Gasteiger partial charge >= 0.3 is 5.69 Å². The summed E-state index contributed by atoms with van der Waals surface area (Å²) in [5, 5.41) is 6.04. The summed E-state index contributed by atoms with van der Waals surface area (Å²) in [5.74, 6) is -0.418. The molecule has 0 saturated heterocycles. The Hall–Kier alpha value is -4.46. The van der Waals surface area contributed by atoms with Gasteiger partial charge in [-0.15, -0.1) is 0 Å². The lowest BCUT2D eigenvalue weighted by Crippen LogP contribution is -2.41. The summed E-state index contributed by atoms with van der Waals surface area (Å²) in [6.45, 7) is 2.80. The number of nitrogens with zero attached hydrogens (tertiary/aromatic N) is 2. The van der Waals surface area contributed by atoms with E-state index in [9.17, 15) is 19.2 Å². The number of carbonyl (C=O) groups is 2. The van der Waals surface area contributed by atoms with Gasteiger partial charge in [-0.3, -0.25) is 19.0 Å². The second kappa shape index (κ2) is 12.0. The molecule has 0 aliphatic heterocycles. The summed E-state index contributed by atoms with van der Waals surface area (Å²) >= 11 is 0. The predicted octanol–water partition coefficient (Wildman–Crippen LogP) is 2.93. The van der Waals surface area contributed by atoms with Crippen molar-refractivity contribution in [3.8, 4) is 5.69 Å². The predicted molar refractivity (Wildman–Crippen MR) is 144 cm³/mol. The number of unbranched alkanes of at least 4 members (excludes halogenated alkanes) is 1. The van der Waals surface area contributed by atoms with E-state index in [1.807, 2.05) is 30.3 Å². The molecule has 3 aromatic carbocycles. The van der Waals surface area contributed by atoms with Gasteiger partial charge in [0.25, 0.3) is 5.56 Å². The SMILES string of the molecule is CCCCNC(=O)Cc1ccc(-n2c(=O)c3ccccc3n(CC(=O)NCc3ccccc3)c2=O)cc1. The molecule has 0 fully saturated rings. The molecule has 8 heteroatoms. The first kappa shape index (κ1) is 25.6. The van der Waals surface area contributed by atoms with Crippen molar-refractivity contribution in [2.45, 2.75) is 39.3 Å². The monoisotopic (exact) mass is 498 g/mol. The zero-order valence-corrected chi connectivity index (χ0v) is 20.8. The zero-order chi connectivity index (χ0) is 26.2. The molecule has 4 rings (SSSR count). The van der Waals surface area contributed by atoms with Crippen molar-refractivity contribution in [2.24, 2.45) is 0 Å². The number of amides is 2. The first-order valence-electron chi connectivity index (χ1n) is 12.4. The van der Waals surface area contributed by atoms with Crippen LogP contribution >= 0.6 is 0 Å². The van der Waals surface area contributed by atoms with E-state index < -0.39 is 11.2 Å². The van der Waals surface area contributed by atoms with E-state index in [-0.39, 0.29) is 24.8 Å². The average molecular weight is 499 g/mol. The van der Waals surface area contributed by atoms with Crippen molar-refractivity contribution in [2.75, 3.05) is 6.54 Å². The molecule has 2 amide bonds. The molecule has 0 aliphatic carbocycles. The van der Waals surface area contributed by atoms with Gasteiger partial charge in [0.15, 0.2) is 0 Å². The van der Waals surface area contributed by atoms with E-state index in [1.165, 1.54) is 4.57 Å². The van der Waals surface area contributed by atoms with Gasteiger partial charge in [-0.2, -0.15) is 0 Å². The largest absolute Gasteiger partial charge is 0.356 e. The third-order valence-corrected chi connectivity index (χ3v) is 6.10. The van der Waals surface area contributed by atoms with E-state index in [4.69, 9.17) is 0 Å². The minimum atomic E-state index is -0.608. The summed E-state index contributed by atoms with van der Waals surface area (Å²) in [6, 6.07) is 23.0. The van der Waals surface area contributed by atoms with Gasteiger partial charge < -0.3 is 10.6 Å². The fraction of sp³-hybridized carbons (Fsp3) is 0.241. The van der Waals surface area contributed by atoms with E-state index >= 15 is 0 Å². The quantitative estimate of drug-likeness (QED) is 0.328. The maximum atomic E-state index is 13.5. The fourth-order valence-electron chi connectivity index (χ4n) is 4.11. The van der Waals surface area contributed by atoms with Crippen LogP contribution in [0.4, 0.5) is 0 Å². The molecule has 1 heterocycles. The van der Waals surface area contributed by atoms with Gasteiger partial charge in [-0.1, -0.05) is 67.9 Å². The van der Waals surface area contributed by atoms with Gasteiger partial charge in [-0.25, -0.2) is 9.36 Å². The number of hydrogen-bond donors (Lipinski definition) is 2. The highest BCUT2D eigenvalue weighted by atomic mass is 16.2. The molecule has 0 saturated carbocycles. The lowest BCUT2D eigenvalue weighted by Gasteiger charge is -2.14. The van der Waals surface area contributed by atoms with Crippen LogP contribution in [-0.4, -0.2) is 27.5 Å². The Morgan fingerprint density at radius 1 is 0.784 bits per heavy atom. The second-order valence-corrected chi connectivity index (χ2v) is 8.84. The lowest BCUT2D eigenvalue weighted by atomic mass is 10.1. The molecule has 1 aromatic heterocycles. The van der Waals surface area contributed by atoms with Crippen LogP contribution in [0.3, 0.4) is 0 Å². The first-order valence-corrected chi connectivity index (χ1v) is 12.4. The number of benzene rings is 3. The average Bonchev–Trinajstić information content (AvgIpc) is 2.91. The number of para-hydroxylation sites is 1. The Labute approximate surface area is 214 Å². The standard InChI is InChI=1S/C29H30N4O4/c1-2-3-17-30-26(34)18-21-13-15-23(16-14-21)33-28(36)24-11-7-8-12-25(24)32(29(33)37)20-27(35)31-19-22-9-5-4-6-10-22/h4-16H,2-3,17-20H2,1H3,(H,30,34)(H,31,35). The number of aromatic nitrogens is 2. The van der Waals surface area contributed by atoms with Crippen LogP contribution < -0.4 is 21.9 Å². The molecule has 0 aliphatic rings. The molecule has 0 atom stereocenters. The van der Waals surface area contributed by atoms with Crippen molar-refractivity contribution < 1.29 is 9.59 Å². The maximum absolute atomic E-state index is 13.5. The fourth-order valence-corrected chi connectivity index (χ4v) is 4.11. The highest BCUT2D eigenvalue weighted by molar-refractivity contribution is 5.82. The molecule has 0 bridgehead atoms. The minimum Gasteiger partial charge on any atom is -0.356 e. The minimum absolute atomic E-state index is 0.0760. The summed E-state index contributed by atoms with van der Waals surface area (Å²) in [4.78, 5) is 51.7. The Morgan fingerprint density at radius 2 is 1.49 bits per heavy atom. The van der Waals surface area contributed by atoms with Crippen LogP contribution in [0, 0.1) is 0 Å². The molecule has 8 nitrogen and oxygen atoms in total. The Balaban J connectivity index is 1.61. The van der Waals surface area contributed by atoms with Crippen LogP contribution in [0.2, 0.25) is 0 Å². The van der Waals surface area contributed by atoms with Gasteiger partial charge in [0.1, 0.15) is 6.54 Å². The Bertz CT molecular complexity index is 1510. The lowest BCUT2D eigenvalue weighted by molar-refractivity contribution is -0.122. The van der Waals surface area contributed by atoms with Gasteiger partial charge in [0, 0.05) is 13.1 Å². The van der Waals surface area contributed by atoms with Crippen LogP contribution in [0.25, 0.3) is 16.6 Å². The number of carbonyl (C=O) groups excluding carboxylic acids is 2. The first-order chi connectivity index (χ1) is 18.0. The normalized spacial score (nSPS) is 10.8. The summed E-state index contributed by atoms with van der Waals surface area (Å²) in [5.41, 5.74) is 1.40. The third-order valence-electron chi connectivity index (χ3n) is 6.10. The Kier molecular flexibility index (Phi) is 8.30. The molecule has 0 spiro atoms. The molecular formula is C29H30N4O4. The third kappa shape index (κ3) is 6.22. The molecule has 2 N–H and O–H groups in total. The van der Waals surface area contributed by atoms with E-state index in [2.05, 4.69) is 17.6 Å². The molecule has 4 aromatic rings. The summed E-state index contributed by atoms with van der Waals surface area (Å²) < 4.78 is 2.38. The maximum Gasteiger partial charge on any atom is 0.336 e. The topological polar surface area (TPSA) is 102 Å². The summed E-state index contributed by atoms with van der Waals surface area (Å²) in [6.07, 6.45) is 2.14. The number of nitrogens with one attached hydrogen (secondary N) is 2. The van der Waals surface area contributed by atoms with Crippen molar-refractivity contribution in [3.63, 3.8) is 0 Å². The van der Waals surface area contributed by atoms with Gasteiger partial charge in [-0.05, 0) is 41.8 Å². The highest BCUT2D eigenvalue weighted by Gasteiger charge is 2.16. The van der Waals surface area contributed by atoms with Crippen LogP contribution in [0.1, 0.15) is 30.9 Å². The van der Waals surface area contributed by atoms with Crippen LogP contribution in [-0.2, 0) is 29.1 Å². The highest BCUT2D eigenvalue weighted by Crippen LogP contribution is 2.12. The molecular weight excluding hydrogens is 468 g/mol. The van der Waals surface area contributed by atoms with Crippen molar-refractivity contribution in [1.29, 1.82) is 0 Å². The van der Waals surface area contributed by atoms with E-state index in [0.717, 1.165) is 28.5 Å². The van der Waals surface area contributed by atoms with Crippen molar-refractivity contribution in [3.05, 3.63) is 111 Å². The van der Waals surface area contributed by atoms with Crippen LogP contribution in [0.15, 0.2) is 88.5 Å². The molecule has 0 radical (unpaired) electrons. The molecule has 0 unspecified atom stereocenters. The van der Waals surface area contributed by atoms with E-state index in [1.54, 1.807) is 48.5 Å². The van der Waals surface area contributed by atoms with E-state index in [0.29, 0.717) is 29.7 Å². The van der Waals surface area contributed by atoms with Crippen molar-refractivity contribution in [1.82, 2.24) is 19.8 Å². The number of fused-ring (bicyclic) bond motifs is 1. The molecule has 37 heavy (non-hydrogen) atoms. The summed E-state index contributed by atoms with van der Waals surface area (Å²) in [7, 11) is 0. The zero-order valence-electron chi connectivity index (χ0n) is 20.8. The van der Waals surface area contributed by atoms with Gasteiger partial charge in [0.2, 0.25) is 11.8 Å². The Morgan fingerprint density at radius 3 is 2.22 bits per heavy atom. The van der Waals surface area contributed by atoms with Gasteiger partial charge in [0.05, 0.1) is 23.0 Å². The number of rotatable bonds is 10. The smallest absolute Gasteiger partial charge is 0.336 e. The van der Waals surface area contributed by atoms with Crippen molar-refractivity contribution >= 4 is 22.7 Å². The second-order valence-electron chi connectivity index (χ2n) is 8.84. The number of hydrogen-bond acceptors (Lipinski definition) is 4.